The number of hydrogen-bond donors (Lipinski definition) is 2. The van der Waals surface area contributed by atoms with Crippen molar-refractivity contribution >= 4 is 24.0 Å². The van der Waals surface area contributed by atoms with Gasteiger partial charge in [-0.3, -0.25) is 9.69 Å². The Morgan fingerprint density at radius 1 is 1.38 bits per heavy atom. The molecule has 1 amide bonds. The zero-order valence-electron chi connectivity index (χ0n) is 11.6. The highest BCUT2D eigenvalue weighted by Crippen LogP contribution is 2.17. The van der Waals surface area contributed by atoms with E-state index in [0.717, 1.165) is 37.9 Å². The van der Waals surface area contributed by atoms with Crippen LogP contribution in [0, 0.1) is 11.6 Å². The van der Waals surface area contributed by atoms with Crippen LogP contribution in [-0.4, -0.2) is 36.5 Å². The molecule has 2 rings (SSSR count). The van der Waals surface area contributed by atoms with Crippen molar-refractivity contribution < 1.29 is 13.6 Å². The number of halogens is 3. The van der Waals surface area contributed by atoms with Gasteiger partial charge in [0.25, 0.3) is 0 Å². The maximum absolute atomic E-state index is 13.4. The Kier molecular flexibility index (Phi) is 7.01. The molecule has 0 spiro atoms. The third-order valence-electron chi connectivity index (χ3n) is 3.57. The summed E-state index contributed by atoms with van der Waals surface area (Å²) < 4.78 is 26.2. The summed E-state index contributed by atoms with van der Waals surface area (Å²) in [5.74, 6) is -1.75. The van der Waals surface area contributed by atoms with Gasteiger partial charge in [0.15, 0.2) is 0 Å². The fraction of sp³-hybridized carbons (Fsp3) is 0.500. The van der Waals surface area contributed by atoms with Crippen LogP contribution in [0.4, 0.5) is 14.5 Å². The average molecular weight is 320 g/mol. The van der Waals surface area contributed by atoms with Crippen molar-refractivity contribution in [3.63, 3.8) is 0 Å². The van der Waals surface area contributed by atoms with Crippen molar-refractivity contribution in [2.75, 3.05) is 25.0 Å². The number of piperidine rings is 1. The molecule has 118 valence electrons. The molecule has 1 heterocycles. The predicted molar refractivity (Wildman–Crippen MR) is 80.5 cm³/mol. The molecule has 3 N–H and O–H groups in total. The lowest BCUT2D eigenvalue weighted by atomic mass is 10.0. The minimum Gasteiger partial charge on any atom is -0.329 e. The Balaban J connectivity index is 0.00000220. The fourth-order valence-electron chi connectivity index (χ4n) is 2.50. The molecule has 1 atom stereocenters. The first-order valence-corrected chi connectivity index (χ1v) is 6.79. The van der Waals surface area contributed by atoms with E-state index >= 15 is 0 Å². The fourth-order valence-corrected chi connectivity index (χ4v) is 2.50. The standard InChI is InChI=1S/C14H19F2N3O.ClH/c15-10-4-5-13(12(16)7-10)18-14(20)9-19-6-2-1-3-11(19)8-17;/h4-5,7,11H,1-3,6,8-9,17H2,(H,18,20);1H. The Morgan fingerprint density at radius 2 is 2.14 bits per heavy atom. The highest BCUT2D eigenvalue weighted by atomic mass is 35.5. The van der Waals surface area contributed by atoms with Crippen LogP contribution >= 0.6 is 12.4 Å². The van der Waals surface area contributed by atoms with E-state index in [1.807, 2.05) is 4.90 Å². The maximum Gasteiger partial charge on any atom is 0.238 e. The van der Waals surface area contributed by atoms with Gasteiger partial charge in [-0.15, -0.1) is 12.4 Å². The zero-order valence-corrected chi connectivity index (χ0v) is 12.5. The van der Waals surface area contributed by atoms with Crippen molar-refractivity contribution in [2.24, 2.45) is 5.73 Å². The molecule has 21 heavy (non-hydrogen) atoms. The van der Waals surface area contributed by atoms with E-state index in [0.29, 0.717) is 6.54 Å². The number of hydrogen-bond acceptors (Lipinski definition) is 3. The molecular weight excluding hydrogens is 300 g/mol. The highest BCUT2D eigenvalue weighted by Gasteiger charge is 2.23. The molecule has 0 bridgehead atoms. The number of rotatable bonds is 4. The lowest BCUT2D eigenvalue weighted by Gasteiger charge is -2.34. The van der Waals surface area contributed by atoms with Gasteiger partial charge >= 0.3 is 0 Å². The monoisotopic (exact) mass is 319 g/mol. The van der Waals surface area contributed by atoms with Gasteiger partial charge < -0.3 is 11.1 Å². The molecule has 1 aromatic carbocycles. The topological polar surface area (TPSA) is 58.4 Å². The molecule has 1 unspecified atom stereocenters. The van der Waals surface area contributed by atoms with Crippen molar-refractivity contribution in [1.29, 1.82) is 0 Å². The lowest BCUT2D eigenvalue weighted by Crippen LogP contribution is -2.47. The summed E-state index contributed by atoms with van der Waals surface area (Å²) in [6, 6.07) is 3.29. The van der Waals surface area contributed by atoms with Gasteiger partial charge in [0.05, 0.1) is 12.2 Å². The number of anilines is 1. The number of amides is 1. The van der Waals surface area contributed by atoms with Crippen LogP contribution in [0.5, 0.6) is 0 Å². The highest BCUT2D eigenvalue weighted by molar-refractivity contribution is 5.92. The van der Waals surface area contributed by atoms with Crippen molar-refractivity contribution in [1.82, 2.24) is 4.90 Å². The number of likely N-dealkylation sites (tertiary alicyclic amines) is 1. The molecule has 0 radical (unpaired) electrons. The molecule has 4 nitrogen and oxygen atoms in total. The number of carbonyl (C=O) groups is 1. The van der Waals surface area contributed by atoms with Gasteiger partial charge in [-0.1, -0.05) is 6.42 Å². The van der Waals surface area contributed by atoms with Crippen molar-refractivity contribution in [3.05, 3.63) is 29.8 Å². The molecule has 1 aromatic rings. The SMILES string of the molecule is Cl.NCC1CCCCN1CC(=O)Nc1ccc(F)cc1F. The molecule has 7 heteroatoms. The number of nitrogens with one attached hydrogen (secondary N) is 1. The first kappa shape index (κ1) is 17.8. The summed E-state index contributed by atoms with van der Waals surface area (Å²) in [7, 11) is 0. The van der Waals surface area contributed by atoms with E-state index in [-0.39, 0.29) is 36.6 Å². The van der Waals surface area contributed by atoms with E-state index in [2.05, 4.69) is 5.32 Å². The summed E-state index contributed by atoms with van der Waals surface area (Å²) in [5.41, 5.74) is 5.69. The third-order valence-corrected chi connectivity index (χ3v) is 3.57. The largest absolute Gasteiger partial charge is 0.329 e. The number of carbonyl (C=O) groups excluding carboxylic acids is 1. The van der Waals surface area contributed by atoms with Gasteiger partial charge in [0.2, 0.25) is 5.91 Å². The summed E-state index contributed by atoms with van der Waals surface area (Å²) in [6.45, 7) is 1.51. The second-order valence-electron chi connectivity index (χ2n) is 5.03. The van der Waals surface area contributed by atoms with E-state index in [1.54, 1.807) is 0 Å². The van der Waals surface area contributed by atoms with Crippen molar-refractivity contribution in [3.8, 4) is 0 Å². The van der Waals surface area contributed by atoms with Gasteiger partial charge in [-0.2, -0.15) is 0 Å². The van der Waals surface area contributed by atoms with Crippen LogP contribution in [0.15, 0.2) is 18.2 Å². The Morgan fingerprint density at radius 3 is 2.81 bits per heavy atom. The molecular formula is C14H20ClF2N3O. The predicted octanol–water partition coefficient (Wildman–Crippen LogP) is 2.14. The van der Waals surface area contributed by atoms with E-state index in [1.165, 1.54) is 6.07 Å². The van der Waals surface area contributed by atoms with Crippen LogP contribution in [-0.2, 0) is 4.79 Å². The Labute approximate surface area is 129 Å². The minimum absolute atomic E-state index is 0. The smallest absolute Gasteiger partial charge is 0.238 e. The molecule has 1 saturated heterocycles. The number of nitrogens with zero attached hydrogens (tertiary/aromatic N) is 1. The van der Waals surface area contributed by atoms with Gasteiger partial charge in [0.1, 0.15) is 11.6 Å². The maximum atomic E-state index is 13.4. The van der Waals surface area contributed by atoms with Gasteiger partial charge in [-0.05, 0) is 31.5 Å². The molecule has 1 aliphatic rings. The zero-order chi connectivity index (χ0) is 14.5. The summed E-state index contributed by atoms with van der Waals surface area (Å²) in [4.78, 5) is 13.9. The number of benzene rings is 1. The van der Waals surface area contributed by atoms with E-state index < -0.39 is 11.6 Å². The molecule has 0 saturated carbocycles. The van der Waals surface area contributed by atoms with E-state index in [4.69, 9.17) is 5.73 Å². The number of nitrogens with two attached hydrogens (primary N) is 1. The summed E-state index contributed by atoms with van der Waals surface area (Å²) in [6.07, 6.45) is 3.13. The van der Waals surface area contributed by atoms with Crippen LogP contribution in [0.1, 0.15) is 19.3 Å². The van der Waals surface area contributed by atoms with Crippen molar-refractivity contribution in [2.45, 2.75) is 25.3 Å². The molecule has 0 aliphatic carbocycles. The quantitative estimate of drug-likeness (QED) is 0.894. The lowest BCUT2D eigenvalue weighted by molar-refractivity contribution is -0.118. The second-order valence-corrected chi connectivity index (χ2v) is 5.03. The van der Waals surface area contributed by atoms with Crippen LogP contribution in [0.25, 0.3) is 0 Å². The van der Waals surface area contributed by atoms with Crippen LogP contribution < -0.4 is 11.1 Å². The second kappa shape index (κ2) is 8.26. The Hall–Kier alpha value is -1.24. The minimum atomic E-state index is -0.771. The molecule has 0 aromatic heterocycles. The first-order valence-electron chi connectivity index (χ1n) is 6.79. The summed E-state index contributed by atoms with van der Waals surface area (Å²) in [5, 5.41) is 2.47. The Bertz CT molecular complexity index is 487. The van der Waals surface area contributed by atoms with Crippen LogP contribution in [0.3, 0.4) is 0 Å². The summed E-state index contributed by atoms with van der Waals surface area (Å²) >= 11 is 0. The van der Waals surface area contributed by atoms with Gasteiger partial charge in [0, 0.05) is 18.7 Å². The third kappa shape index (κ3) is 4.91. The average Bonchev–Trinajstić information content (AvgIpc) is 2.42. The molecule has 1 fully saturated rings. The van der Waals surface area contributed by atoms with Crippen LogP contribution in [0.2, 0.25) is 0 Å². The van der Waals surface area contributed by atoms with E-state index in [9.17, 15) is 13.6 Å². The normalized spacial score (nSPS) is 18.9. The first-order chi connectivity index (χ1) is 9.60. The molecule has 1 aliphatic heterocycles. The van der Waals surface area contributed by atoms with Gasteiger partial charge in [-0.25, -0.2) is 8.78 Å².